The quantitative estimate of drug-likeness (QED) is 0.290. The number of hydrogen-bond acceptors (Lipinski definition) is 2. The van der Waals surface area contributed by atoms with Crippen molar-refractivity contribution >= 4 is 22.1 Å². The van der Waals surface area contributed by atoms with Crippen LogP contribution in [0.4, 0.5) is 0 Å². The predicted molar refractivity (Wildman–Crippen MR) is 73.9 cm³/mol. The minimum absolute atomic E-state index is 0.137. The Bertz CT molecular complexity index is 269. The Kier molecular flexibility index (Phi) is 7.53. The lowest BCUT2D eigenvalue weighted by Gasteiger charge is -2.24. The summed E-state index contributed by atoms with van der Waals surface area (Å²) in [4.78, 5) is 27.7. The minimum atomic E-state index is -0.137. The van der Waals surface area contributed by atoms with Gasteiger partial charge < -0.3 is 9.80 Å². The highest BCUT2D eigenvalue weighted by molar-refractivity contribution is 6.28. The summed E-state index contributed by atoms with van der Waals surface area (Å²) in [7, 11) is 0.713. The van der Waals surface area contributed by atoms with Crippen LogP contribution in [0.15, 0.2) is 11.3 Å². The first kappa shape index (κ1) is 15.9. The van der Waals surface area contributed by atoms with Gasteiger partial charge in [0.2, 0.25) is 0 Å². The highest BCUT2D eigenvalue weighted by atomic mass is 28.1. The van der Waals surface area contributed by atoms with Crippen LogP contribution in [0.3, 0.4) is 0 Å². The topological polar surface area (TPSA) is 40.6 Å². The first-order chi connectivity index (χ1) is 8.06. The zero-order valence-corrected chi connectivity index (χ0v) is 13.6. The number of hydrogen-bond donors (Lipinski definition) is 0. The zero-order chi connectivity index (χ0) is 13.4. The zero-order valence-electron chi connectivity index (χ0n) is 11.6. The van der Waals surface area contributed by atoms with Crippen LogP contribution in [-0.4, -0.2) is 58.0 Å². The van der Waals surface area contributed by atoms with Gasteiger partial charge in [0.25, 0.3) is 11.8 Å². The number of rotatable bonds is 6. The van der Waals surface area contributed by atoms with Crippen molar-refractivity contribution in [1.82, 2.24) is 9.80 Å². The predicted octanol–water partition coefficient (Wildman–Crippen LogP) is -0.0275. The van der Waals surface area contributed by atoms with Gasteiger partial charge in [-0.3, -0.25) is 9.59 Å². The maximum Gasteiger partial charge on any atom is 0.258 e. The second kappa shape index (κ2) is 8.06. The van der Waals surface area contributed by atoms with Gasteiger partial charge >= 0.3 is 0 Å². The van der Waals surface area contributed by atoms with E-state index in [9.17, 15) is 9.59 Å². The molecule has 0 saturated carbocycles. The maximum atomic E-state index is 12.1. The molecule has 0 unspecified atom stereocenters. The smallest absolute Gasteiger partial charge is 0.258 e. The van der Waals surface area contributed by atoms with Gasteiger partial charge in [0.05, 0.1) is 5.57 Å². The number of likely N-dealkylation sites (N-methyl/N-ethyl adjacent to an activating group) is 2. The van der Waals surface area contributed by atoms with E-state index in [0.29, 0.717) is 42.0 Å². The van der Waals surface area contributed by atoms with Crippen LogP contribution in [0.2, 0.25) is 0 Å². The summed E-state index contributed by atoms with van der Waals surface area (Å²) in [5, 5.41) is 0. The van der Waals surface area contributed by atoms with Gasteiger partial charge in [-0.15, -0.1) is 0 Å². The standard InChI is InChI=1S/C12H24N2O2Si/c1-5-13(6-2)11(15)10(9-17)12(16)14(7-3)8-4/h9H,5-8H2,1-4,17H3. The molecule has 4 nitrogen and oxygen atoms in total. The fraction of sp³-hybridized carbons (Fsp3) is 0.667. The van der Waals surface area contributed by atoms with Gasteiger partial charge in [-0.05, 0) is 27.7 Å². The fourth-order valence-electron chi connectivity index (χ4n) is 1.70. The molecule has 0 radical (unpaired) electrons. The van der Waals surface area contributed by atoms with E-state index < -0.39 is 0 Å². The van der Waals surface area contributed by atoms with E-state index in [1.165, 1.54) is 0 Å². The summed E-state index contributed by atoms with van der Waals surface area (Å²) in [6.07, 6.45) is 0. The Labute approximate surface area is 107 Å². The molecule has 0 aromatic rings. The van der Waals surface area contributed by atoms with E-state index in [2.05, 4.69) is 0 Å². The van der Waals surface area contributed by atoms with Crippen molar-refractivity contribution in [2.75, 3.05) is 26.2 Å². The van der Waals surface area contributed by atoms with Crippen LogP contribution in [0.5, 0.6) is 0 Å². The Morgan fingerprint density at radius 1 is 0.882 bits per heavy atom. The number of carbonyl (C=O) groups is 2. The number of amides is 2. The average molecular weight is 256 g/mol. The molecule has 0 fully saturated rings. The molecule has 0 bridgehead atoms. The highest BCUT2D eigenvalue weighted by Crippen LogP contribution is 2.06. The Hall–Kier alpha value is -1.10. The molecule has 2 amide bonds. The molecule has 0 aromatic carbocycles. The third-order valence-corrected chi connectivity index (χ3v) is 3.43. The molecule has 98 valence electrons. The van der Waals surface area contributed by atoms with Crippen molar-refractivity contribution in [3.63, 3.8) is 0 Å². The molecule has 0 aliphatic rings. The minimum Gasteiger partial charge on any atom is -0.339 e. The van der Waals surface area contributed by atoms with E-state index in [0.717, 1.165) is 0 Å². The van der Waals surface area contributed by atoms with Crippen LogP contribution in [0.25, 0.3) is 0 Å². The van der Waals surface area contributed by atoms with Crippen LogP contribution in [-0.2, 0) is 9.59 Å². The molecular weight excluding hydrogens is 232 g/mol. The molecule has 0 N–H and O–H groups in total. The molecule has 0 heterocycles. The van der Waals surface area contributed by atoms with Gasteiger partial charge in [0.15, 0.2) is 0 Å². The lowest BCUT2D eigenvalue weighted by molar-refractivity contribution is -0.133. The van der Waals surface area contributed by atoms with Crippen molar-refractivity contribution in [3.8, 4) is 0 Å². The summed E-state index contributed by atoms with van der Waals surface area (Å²) >= 11 is 0. The monoisotopic (exact) mass is 256 g/mol. The normalized spacial score (nSPS) is 9.88. The molecule has 0 saturated heterocycles. The fourth-order valence-corrected chi connectivity index (χ4v) is 2.19. The third-order valence-electron chi connectivity index (χ3n) is 2.85. The molecule has 5 heteroatoms. The molecule has 0 spiro atoms. The van der Waals surface area contributed by atoms with E-state index in [1.807, 2.05) is 27.7 Å². The number of carbonyl (C=O) groups excluding carboxylic acids is 2. The molecule has 0 aromatic heterocycles. The van der Waals surface area contributed by atoms with Crippen LogP contribution in [0.1, 0.15) is 27.7 Å². The first-order valence-electron chi connectivity index (χ1n) is 6.31. The van der Waals surface area contributed by atoms with Crippen LogP contribution in [0, 0.1) is 0 Å². The average Bonchev–Trinajstić information content (AvgIpc) is 2.33. The van der Waals surface area contributed by atoms with Gasteiger partial charge in [0, 0.05) is 36.4 Å². The lowest BCUT2D eigenvalue weighted by Crippen LogP contribution is -2.40. The van der Waals surface area contributed by atoms with Crippen molar-refractivity contribution in [2.24, 2.45) is 0 Å². The first-order valence-corrected chi connectivity index (χ1v) is 7.47. The molecule has 0 rings (SSSR count). The molecule has 17 heavy (non-hydrogen) atoms. The Balaban J connectivity index is 4.97. The van der Waals surface area contributed by atoms with E-state index in [-0.39, 0.29) is 11.8 Å². The maximum absolute atomic E-state index is 12.1. The molecular formula is C12H24N2O2Si. The van der Waals surface area contributed by atoms with E-state index in [1.54, 1.807) is 15.5 Å². The second-order valence-electron chi connectivity index (χ2n) is 3.66. The van der Waals surface area contributed by atoms with Gasteiger partial charge in [0.1, 0.15) is 0 Å². The van der Waals surface area contributed by atoms with E-state index in [4.69, 9.17) is 0 Å². The van der Waals surface area contributed by atoms with Crippen LogP contribution >= 0.6 is 0 Å². The second-order valence-corrected chi connectivity index (χ2v) is 4.23. The largest absolute Gasteiger partial charge is 0.339 e. The Morgan fingerprint density at radius 2 is 1.18 bits per heavy atom. The van der Waals surface area contributed by atoms with Gasteiger partial charge in [-0.2, -0.15) is 0 Å². The van der Waals surface area contributed by atoms with Crippen LogP contribution < -0.4 is 0 Å². The van der Waals surface area contributed by atoms with Crippen molar-refractivity contribution in [3.05, 3.63) is 11.3 Å². The van der Waals surface area contributed by atoms with E-state index >= 15 is 0 Å². The van der Waals surface area contributed by atoms with Gasteiger partial charge in [-0.1, -0.05) is 5.70 Å². The third kappa shape index (κ3) is 4.00. The van der Waals surface area contributed by atoms with Crippen molar-refractivity contribution in [2.45, 2.75) is 27.7 Å². The summed E-state index contributed by atoms with van der Waals surface area (Å²) in [5.74, 6) is -0.274. The number of nitrogens with zero attached hydrogens (tertiary/aromatic N) is 2. The molecule has 0 aliphatic heterocycles. The Morgan fingerprint density at radius 3 is 1.35 bits per heavy atom. The molecule has 0 aliphatic carbocycles. The van der Waals surface area contributed by atoms with Crippen molar-refractivity contribution in [1.29, 1.82) is 0 Å². The summed E-state index contributed by atoms with van der Waals surface area (Å²) in [6.45, 7) is 10.3. The summed E-state index contributed by atoms with van der Waals surface area (Å²) in [6, 6.07) is 0. The highest BCUT2D eigenvalue weighted by Gasteiger charge is 2.24. The van der Waals surface area contributed by atoms with Gasteiger partial charge in [-0.25, -0.2) is 0 Å². The summed E-state index contributed by atoms with van der Waals surface area (Å²) in [5.41, 5.74) is 2.09. The SMILES string of the molecule is CCN(CC)C(=O)C(=C[SiH3])C(=O)N(CC)CC. The van der Waals surface area contributed by atoms with Crippen molar-refractivity contribution < 1.29 is 9.59 Å². The lowest BCUT2D eigenvalue weighted by atomic mass is 10.2. The molecule has 0 atom stereocenters. The summed E-state index contributed by atoms with van der Waals surface area (Å²) < 4.78 is 0.